The Bertz CT molecular complexity index is 927. The molecule has 3 rings (SSSR count). The highest BCUT2D eigenvalue weighted by atomic mass is 32.2. The number of carbonyl (C=O) groups is 1. The van der Waals surface area contributed by atoms with Gasteiger partial charge in [0.25, 0.3) is 5.22 Å². The van der Waals surface area contributed by atoms with Crippen LogP contribution in [0.25, 0.3) is 22.4 Å². The summed E-state index contributed by atoms with van der Waals surface area (Å²) >= 11 is 1.20. The molecule has 0 fully saturated rings. The zero-order valence-electron chi connectivity index (χ0n) is 15.0. The molecule has 25 heavy (non-hydrogen) atoms. The number of H-pyrrole nitrogens is 1. The molecule has 0 saturated carbocycles. The fourth-order valence-corrected chi connectivity index (χ4v) is 3.31. The minimum absolute atomic E-state index is 0.306. The van der Waals surface area contributed by atoms with Gasteiger partial charge in [-0.3, -0.25) is 4.79 Å². The molecule has 0 atom stereocenters. The lowest BCUT2D eigenvalue weighted by molar-refractivity contribution is -0.145. The number of aromatic amines is 1. The molecular formula is C18H21N3O3S. The number of aryl methyl sites for hydroxylation is 2. The van der Waals surface area contributed by atoms with Gasteiger partial charge < -0.3 is 14.1 Å². The number of benzene rings is 1. The normalized spacial score (nSPS) is 11.9. The molecule has 0 amide bonds. The van der Waals surface area contributed by atoms with Crippen LogP contribution >= 0.6 is 11.8 Å². The molecule has 2 aromatic heterocycles. The van der Waals surface area contributed by atoms with Gasteiger partial charge in [0.15, 0.2) is 0 Å². The van der Waals surface area contributed by atoms with Gasteiger partial charge in [-0.15, -0.1) is 10.2 Å². The fraction of sp³-hybridized carbons (Fsp3) is 0.389. The first-order chi connectivity index (χ1) is 11.8. The number of thioether (sulfide) groups is 1. The molecule has 0 bridgehead atoms. The Balaban J connectivity index is 1.86. The zero-order chi connectivity index (χ0) is 18.2. The van der Waals surface area contributed by atoms with E-state index in [-0.39, 0.29) is 5.97 Å². The quantitative estimate of drug-likeness (QED) is 0.541. The van der Waals surface area contributed by atoms with Crippen LogP contribution in [0.3, 0.4) is 0 Å². The van der Waals surface area contributed by atoms with Crippen molar-refractivity contribution in [1.82, 2.24) is 15.2 Å². The topological polar surface area (TPSA) is 81.0 Å². The maximum atomic E-state index is 12.0. The summed E-state index contributed by atoms with van der Waals surface area (Å²) in [7, 11) is 0. The molecule has 0 spiro atoms. The average molecular weight is 359 g/mol. The summed E-state index contributed by atoms with van der Waals surface area (Å²) in [5.74, 6) is 0.127. The van der Waals surface area contributed by atoms with Crippen LogP contribution in [0, 0.1) is 13.8 Å². The molecule has 3 aromatic rings. The lowest BCUT2D eigenvalue weighted by atomic mass is 10.1. The van der Waals surface area contributed by atoms with Crippen molar-refractivity contribution in [3.8, 4) is 11.5 Å². The third kappa shape index (κ3) is 3.42. The van der Waals surface area contributed by atoms with Gasteiger partial charge in [-0.05, 0) is 70.1 Å². The van der Waals surface area contributed by atoms with Crippen molar-refractivity contribution in [1.29, 1.82) is 0 Å². The van der Waals surface area contributed by atoms with Crippen molar-refractivity contribution in [2.24, 2.45) is 0 Å². The predicted octanol–water partition coefficient (Wildman–Crippen LogP) is 4.27. The molecule has 2 heterocycles. The minimum atomic E-state index is -0.794. The maximum absolute atomic E-state index is 12.0. The predicted molar refractivity (Wildman–Crippen MR) is 97.6 cm³/mol. The van der Waals surface area contributed by atoms with Gasteiger partial charge in [-0.2, -0.15) is 0 Å². The number of rotatable bonds is 5. The zero-order valence-corrected chi connectivity index (χ0v) is 15.8. The number of ether oxygens (including phenoxy) is 1. The Morgan fingerprint density at radius 1 is 1.32 bits per heavy atom. The van der Waals surface area contributed by atoms with E-state index in [1.54, 1.807) is 20.8 Å². The van der Waals surface area contributed by atoms with Crippen LogP contribution in [0.1, 0.15) is 32.0 Å². The van der Waals surface area contributed by atoms with Gasteiger partial charge in [0.2, 0.25) is 5.89 Å². The maximum Gasteiger partial charge on any atom is 0.322 e. The van der Waals surface area contributed by atoms with Gasteiger partial charge in [0, 0.05) is 22.2 Å². The molecule has 0 aliphatic rings. The Morgan fingerprint density at radius 2 is 2.08 bits per heavy atom. The van der Waals surface area contributed by atoms with Gasteiger partial charge in [0.05, 0.1) is 6.61 Å². The van der Waals surface area contributed by atoms with E-state index in [0.717, 1.165) is 22.2 Å². The summed E-state index contributed by atoms with van der Waals surface area (Å²) in [4.78, 5) is 15.3. The van der Waals surface area contributed by atoms with E-state index < -0.39 is 4.75 Å². The standard InChI is InChI=1S/C18H21N3O3S/c1-6-23-16(22)18(4,5)25-17-21-20-15(24-17)12-7-8-14-13(9-12)10(2)11(3)19-14/h7-9,19H,6H2,1-5H3. The Morgan fingerprint density at radius 3 is 2.80 bits per heavy atom. The molecule has 1 N–H and O–H groups in total. The largest absolute Gasteiger partial charge is 0.465 e. The fourth-order valence-electron chi connectivity index (χ4n) is 2.53. The smallest absolute Gasteiger partial charge is 0.322 e. The van der Waals surface area contributed by atoms with Crippen LogP contribution in [-0.2, 0) is 9.53 Å². The van der Waals surface area contributed by atoms with Crippen molar-refractivity contribution in [3.05, 3.63) is 29.5 Å². The molecule has 7 heteroatoms. The van der Waals surface area contributed by atoms with Gasteiger partial charge >= 0.3 is 5.97 Å². The van der Waals surface area contributed by atoms with E-state index in [2.05, 4.69) is 22.1 Å². The molecular weight excluding hydrogens is 338 g/mol. The first-order valence-corrected chi connectivity index (χ1v) is 8.92. The SMILES string of the molecule is CCOC(=O)C(C)(C)Sc1nnc(-c2ccc3[nH]c(C)c(C)c3c2)o1. The summed E-state index contributed by atoms with van der Waals surface area (Å²) in [5.41, 5.74) is 4.28. The highest BCUT2D eigenvalue weighted by molar-refractivity contribution is 8.01. The molecule has 132 valence electrons. The summed E-state index contributed by atoms with van der Waals surface area (Å²) in [6.07, 6.45) is 0. The number of hydrogen-bond acceptors (Lipinski definition) is 6. The van der Waals surface area contributed by atoms with E-state index >= 15 is 0 Å². The van der Waals surface area contributed by atoms with Crippen LogP contribution < -0.4 is 0 Å². The second kappa shape index (κ2) is 6.55. The van der Waals surface area contributed by atoms with Crippen molar-refractivity contribution in [3.63, 3.8) is 0 Å². The number of esters is 1. The van der Waals surface area contributed by atoms with E-state index in [1.807, 2.05) is 25.1 Å². The minimum Gasteiger partial charge on any atom is -0.465 e. The summed E-state index contributed by atoms with van der Waals surface area (Å²) < 4.78 is 10.0. The first kappa shape index (κ1) is 17.5. The van der Waals surface area contributed by atoms with Crippen LogP contribution in [-0.4, -0.2) is 32.5 Å². The highest BCUT2D eigenvalue weighted by Crippen LogP contribution is 2.35. The highest BCUT2D eigenvalue weighted by Gasteiger charge is 2.33. The first-order valence-electron chi connectivity index (χ1n) is 8.11. The summed E-state index contributed by atoms with van der Waals surface area (Å²) in [5, 5.41) is 9.65. The van der Waals surface area contributed by atoms with Crippen LogP contribution in [0.4, 0.5) is 0 Å². The lowest BCUT2D eigenvalue weighted by Crippen LogP contribution is -2.29. The van der Waals surface area contributed by atoms with Crippen LogP contribution in [0.15, 0.2) is 27.8 Å². The van der Waals surface area contributed by atoms with Crippen LogP contribution in [0.2, 0.25) is 0 Å². The van der Waals surface area contributed by atoms with Crippen molar-refractivity contribution in [2.75, 3.05) is 6.61 Å². The molecule has 0 aliphatic heterocycles. The third-order valence-electron chi connectivity index (χ3n) is 4.07. The second-order valence-electron chi connectivity index (χ2n) is 6.34. The Labute approximate surface area is 150 Å². The van der Waals surface area contributed by atoms with E-state index in [1.165, 1.54) is 17.3 Å². The summed E-state index contributed by atoms with van der Waals surface area (Å²) in [6, 6.07) is 5.98. The number of nitrogens with zero attached hydrogens (tertiary/aromatic N) is 2. The van der Waals surface area contributed by atoms with Crippen LogP contribution in [0.5, 0.6) is 0 Å². The van der Waals surface area contributed by atoms with Gasteiger partial charge in [-0.1, -0.05) is 0 Å². The molecule has 0 aliphatic carbocycles. The van der Waals surface area contributed by atoms with Crippen molar-refractivity contribution >= 4 is 28.6 Å². The number of carbonyl (C=O) groups excluding carboxylic acids is 1. The average Bonchev–Trinajstić information content (AvgIpc) is 3.12. The molecule has 0 saturated heterocycles. The second-order valence-corrected chi connectivity index (χ2v) is 7.92. The number of hydrogen-bond donors (Lipinski definition) is 1. The summed E-state index contributed by atoms with van der Waals surface area (Å²) in [6.45, 7) is 9.80. The molecule has 0 unspecified atom stereocenters. The third-order valence-corrected chi connectivity index (χ3v) is 5.09. The van der Waals surface area contributed by atoms with Gasteiger partial charge in [0.1, 0.15) is 4.75 Å². The number of fused-ring (bicyclic) bond motifs is 1. The number of nitrogens with one attached hydrogen (secondary N) is 1. The Kier molecular flexibility index (Phi) is 4.60. The van der Waals surface area contributed by atoms with Crippen molar-refractivity contribution in [2.45, 2.75) is 44.6 Å². The Hall–Kier alpha value is -2.28. The monoisotopic (exact) mass is 359 g/mol. The molecule has 0 radical (unpaired) electrons. The van der Waals surface area contributed by atoms with E-state index in [0.29, 0.717) is 17.7 Å². The van der Waals surface area contributed by atoms with Crippen molar-refractivity contribution < 1.29 is 13.9 Å². The number of aromatic nitrogens is 3. The van der Waals surface area contributed by atoms with E-state index in [9.17, 15) is 4.79 Å². The van der Waals surface area contributed by atoms with E-state index in [4.69, 9.17) is 9.15 Å². The van der Waals surface area contributed by atoms with Gasteiger partial charge in [-0.25, -0.2) is 0 Å². The molecule has 6 nitrogen and oxygen atoms in total. The molecule has 1 aromatic carbocycles. The lowest BCUT2D eigenvalue weighted by Gasteiger charge is -2.18.